The van der Waals surface area contributed by atoms with Crippen LogP contribution < -0.4 is 4.90 Å². The summed E-state index contributed by atoms with van der Waals surface area (Å²) >= 11 is 0. The van der Waals surface area contributed by atoms with Crippen molar-refractivity contribution in [3.8, 4) is 0 Å². The van der Waals surface area contributed by atoms with Crippen molar-refractivity contribution < 1.29 is 0 Å². The van der Waals surface area contributed by atoms with Crippen LogP contribution in [0.1, 0.15) is 30.9 Å². The molecule has 156 valence electrons. The Morgan fingerprint density at radius 2 is 1.28 bits per heavy atom. The molecule has 0 N–H and O–H groups in total. The Morgan fingerprint density at radius 3 is 1.97 bits per heavy atom. The number of para-hydroxylation sites is 2. The number of hydrogen-bond donors (Lipinski definition) is 0. The molecule has 1 heteroatoms. The molecular formula is C31H27N. The molecule has 0 radical (unpaired) electrons. The quantitative estimate of drug-likeness (QED) is 0.326. The predicted octanol–water partition coefficient (Wildman–Crippen LogP) is 8.43. The second kappa shape index (κ2) is 7.24. The molecule has 0 saturated carbocycles. The maximum atomic E-state index is 2.40. The van der Waals surface area contributed by atoms with Crippen molar-refractivity contribution >= 4 is 27.8 Å². The molecule has 4 aromatic rings. The molecule has 2 atom stereocenters. The maximum Gasteiger partial charge on any atom is 0.0468 e. The van der Waals surface area contributed by atoms with Crippen molar-refractivity contribution in [3.05, 3.63) is 126 Å². The molecule has 2 unspecified atom stereocenters. The second-order valence-corrected chi connectivity index (χ2v) is 9.48. The molecule has 1 nitrogen and oxygen atoms in total. The van der Waals surface area contributed by atoms with Crippen molar-refractivity contribution in [2.75, 3.05) is 4.90 Å². The number of hydrogen-bond acceptors (Lipinski definition) is 1. The fourth-order valence-electron chi connectivity index (χ4n) is 5.74. The lowest BCUT2D eigenvalue weighted by molar-refractivity contribution is 0.394. The molecule has 0 spiro atoms. The van der Waals surface area contributed by atoms with Crippen molar-refractivity contribution in [1.82, 2.24) is 0 Å². The van der Waals surface area contributed by atoms with E-state index in [0.29, 0.717) is 11.8 Å². The summed E-state index contributed by atoms with van der Waals surface area (Å²) in [5.74, 6) is 0.946. The van der Waals surface area contributed by atoms with Crippen molar-refractivity contribution in [2.24, 2.45) is 5.92 Å². The molecule has 6 rings (SSSR count). The van der Waals surface area contributed by atoms with Gasteiger partial charge >= 0.3 is 0 Å². The van der Waals surface area contributed by atoms with Gasteiger partial charge in [0.2, 0.25) is 0 Å². The van der Waals surface area contributed by atoms with Crippen LogP contribution in [0.3, 0.4) is 0 Å². The zero-order valence-electron chi connectivity index (χ0n) is 18.6. The molecule has 4 aromatic carbocycles. The first-order valence-electron chi connectivity index (χ1n) is 11.5. The summed E-state index contributed by atoms with van der Waals surface area (Å²) in [4.78, 5) is 2.35. The van der Waals surface area contributed by atoms with E-state index in [-0.39, 0.29) is 5.41 Å². The smallest absolute Gasteiger partial charge is 0.0468 e. The van der Waals surface area contributed by atoms with E-state index in [4.69, 9.17) is 0 Å². The summed E-state index contributed by atoms with van der Waals surface area (Å²) in [5, 5.41) is 2.69. The Hall–Kier alpha value is -3.58. The molecule has 0 bridgehead atoms. The standard InChI is InChI=1S/C31H27N/c1-31(2)28-16-10-9-15-26(28)30-27-21-25(19-17-22(27)18-20-29(30)31)32(23-11-5-3-6-12-23)24-13-7-4-8-14-24/h3-21,26,28H,1-2H3. The monoisotopic (exact) mass is 413 g/mol. The number of rotatable bonds is 3. The Kier molecular flexibility index (Phi) is 4.33. The van der Waals surface area contributed by atoms with E-state index in [1.54, 1.807) is 0 Å². The summed E-state index contributed by atoms with van der Waals surface area (Å²) in [6, 6.07) is 32.9. The van der Waals surface area contributed by atoms with Gasteiger partial charge in [-0.2, -0.15) is 0 Å². The van der Waals surface area contributed by atoms with Crippen LogP contribution >= 0.6 is 0 Å². The zero-order chi connectivity index (χ0) is 21.7. The summed E-state index contributed by atoms with van der Waals surface area (Å²) in [5.41, 5.74) is 6.65. The summed E-state index contributed by atoms with van der Waals surface area (Å²) in [6.07, 6.45) is 9.24. The largest absolute Gasteiger partial charge is 0.310 e. The maximum absolute atomic E-state index is 2.40. The van der Waals surface area contributed by atoms with Gasteiger partial charge < -0.3 is 4.90 Å². The highest BCUT2D eigenvalue weighted by Gasteiger charge is 2.45. The van der Waals surface area contributed by atoms with E-state index < -0.39 is 0 Å². The molecule has 0 fully saturated rings. The Morgan fingerprint density at radius 1 is 0.656 bits per heavy atom. The number of fused-ring (bicyclic) bond motifs is 5. The average molecular weight is 414 g/mol. The highest BCUT2D eigenvalue weighted by molar-refractivity contribution is 5.93. The fraction of sp³-hybridized carbons (Fsp3) is 0.161. The lowest BCUT2D eigenvalue weighted by atomic mass is 9.74. The number of benzene rings is 4. The first kappa shape index (κ1) is 19.1. The van der Waals surface area contributed by atoms with Gasteiger partial charge in [-0.3, -0.25) is 0 Å². The Labute approximate surface area is 190 Å². The summed E-state index contributed by atoms with van der Waals surface area (Å²) in [7, 11) is 0. The van der Waals surface area contributed by atoms with Gasteiger partial charge in [-0.05, 0) is 69.6 Å². The minimum atomic E-state index is 0.129. The molecule has 0 aromatic heterocycles. The van der Waals surface area contributed by atoms with Crippen LogP contribution in [-0.2, 0) is 5.41 Å². The van der Waals surface area contributed by atoms with Crippen molar-refractivity contribution in [2.45, 2.75) is 25.2 Å². The predicted molar refractivity (Wildman–Crippen MR) is 136 cm³/mol. The van der Waals surface area contributed by atoms with Crippen molar-refractivity contribution in [1.29, 1.82) is 0 Å². The van der Waals surface area contributed by atoms with Crippen LogP contribution in [0.15, 0.2) is 115 Å². The minimum absolute atomic E-state index is 0.129. The molecule has 0 saturated heterocycles. The highest BCUT2D eigenvalue weighted by atomic mass is 15.1. The molecule has 2 aliphatic carbocycles. The van der Waals surface area contributed by atoms with Gasteiger partial charge in [0, 0.05) is 23.0 Å². The van der Waals surface area contributed by atoms with E-state index in [0.717, 1.165) is 0 Å². The van der Waals surface area contributed by atoms with Gasteiger partial charge in [-0.25, -0.2) is 0 Å². The van der Waals surface area contributed by atoms with E-state index >= 15 is 0 Å². The first-order valence-corrected chi connectivity index (χ1v) is 11.5. The summed E-state index contributed by atoms with van der Waals surface area (Å²) in [6.45, 7) is 4.80. The Bertz CT molecular complexity index is 1310. The van der Waals surface area contributed by atoms with Crippen LogP contribution in [0, 0.1) is 5.92 Å². The lowest BCUT2D eigenvalue weighted by Gasteiger charge is -2.29. The van der Waals surface area contributed by atoms with Gasteiger partial charge in [0.1, 0.15) is 0 Å². The van der Waals surface area contributed by atoms with Gasteiger partial charge in [-0.1, -0.05) is 92.7 Å². The second-order valence-electron chi connectivity index (χ2n) is 9.48. The number of allylic oxidation sites excluding steroid dienone is 4. The van der Waals surface area contributed by atoms with E-state index in [1.807, 2.05) is 0 Å². The SMILES string of the molecule is CC1(C)c2ccc3ccc(N(c4ccccc4)c4ccccc4)cc3c2C2C=CC=CC21. The van der Waals surface area contributed by atoms with Gasteiger partial charge in [0.25, 0.3) is 0 Å². The third kappa shape index (κ3) is 2.85. The van der Waals surface area contributed by atoms with E-state index in [1.165, 1.54) is 39.0 Å². The normalized spacial score (nSPS) is 20.2. The molecule has 0 amide bonds. The highest BCUT2D eigenvalue weighted by Crippen LogP contribution is 2.55. The van der Waals surface area contributed by atoms with Gasteiger partial charge in [0.15, 0.2) is 0 Å². The molecule has 32 heavy (non-hydrogen) atoms. The fourth-order valence-corrected chi connectivity index (χ4v) is 5.74. The number of nitrogens with zero attached hydrogens (tertiary/aromatic N) is 1. The third-order valence-electron chi connectivity index (χ3n) is 7.33. The van der Waals surface area contributed by atoms with Gasteiger partial charge in [-0.15, -0.1) is 0 Å². The number of anilines is 3. The van der Waals surface area contributed by atoms with Crippen LogP contribution in [0.25, 0.3) is 10.8 Å². The Balaban J connectivity index is 1.59. The van der Waals surface area contributed by atoms with Crippen LogP contribution in [0.5, 0.6) is 0 Å². The lowest BCUT2D eigenvalue weighted by Crippen LogP contribution is -2.24. The zero-order valence-corrected chi connectivity index (χ0v) is 18.6. The minimum Gasteiger partial charge on any atom is -0.310 e. The summed E-state index contributed by atoms with van der Waals surface area (Å²) < 4.78 is 0. The topological polar surface area (TPSA) is 3.24 Å². The molecule has 2 aliphatic rings. The first-order chi connectivity index (χ1) is 15.6. The molecular weight excluding hydrogens is 386 g/mol. The van der Waals surface area contributed by atoms with E-state index in [9.17, 15) is 0 Å². The van der Waals surface area contributed by atoms with Crippen LogP contribution in [-0.4, -0.2) is 0 Å². The average Bonchev–Trinajstić information content (AvgIpc) is 3.08. The van der Waals surface area contributed by atoms with Crippen molar-refractivity contribution in [3.63, 3.8) is 0 Å². The van der Waals surface area contributed by atoms with Gasteiger partial charge in [0.05, 0.1) is 0 Å². The molecule has 0 heterocycles. The van der Waals surface area contributed by atoms with Crippen LogP contribution in [0.2, 0.25) is 0 Å². The third-order valence-corrected chi connectivity index (χ3v) is 7.33. The van der Waals surface area contributed by atoms with E-state index in [2.05, 4.69) is 134 Å². The molecule has 0 aliphatic heterocycles. The van der Waals surface area contributed by atoms with Crippen LogP contribution in [0.4, 0.5) is 17.1 Å².